The van der Waals surface area contributed by atoms with Gasteiger partial charge in [-0.25, -0.2) is 0 Å². The molecule has 1 fully saturated rings. The average Bonchev–Trinajstić information content (AvgIpc) is 2.70. The highest BCUT2D eigenvalue weighted by atomic mass is 35.5. The number of carboxylic acid groups (broad SMARTS) is 1. The summed E-state index contributed by atoms with van der Waals surface area (Å²) in [5, 5.41) is 10.2. The van der Waals surface area contributed by atoms with Crippen LogP contribution in [0.5, 0.6) is 11.5 Å². The van der Waals surface area contributed by atoms with Crippen molar-refractivity contribution in [3.8, 4) is 11.5 Å². The molecule has 0 radical (unpaired) electrons. The van der Waals surface area contributed by atoms with E-state index >= 15 is 0 Å². The van der Waals surface area contributed by atoms with Crippen molar-refractivity contribution in [2.75, 3.05) is 27.3 Å². The SMILES string of the molecule is COc1cccc(OC)c1C(c1ccc(Cl)cc1)N1CCCC(C(=O)O)C1. The Kier molecular flexibility index (Phi) is 6.24. The van der Waals surface area contributed by atoms with Gasteiger partial charge in [0.05, 0.1) is 31.7 Å². The van der Waals surface area contributed by atoms with E-state index < -0.39 is 5.97 Å². The van der Waals surface area contributed by atoms with Gasteiger partial charge in [-0.1, -0.05) is 29.8 Å². The predicted molar refractivity (Wildman–Crippen MR) is 105 cm³/mol. The van der Waals surface area contributed by atoms with Crippen LogP contribution in [-0.4, -0.2) is 43.3 Å². The fourth-order valence-corrected chi connectivity index (χ4v) is 3.92. The number of nitrogens with zero attached hydrogens (tertiary/aromatic N) is 1. The van der Waals surface area contributed by atoms with Crippen molar-refractivity contribution in [1.29, 1.82) is 0 Å². The van der Waals surface area contributed by atoms with Gasteiger partial charge < -0.3 is 14.6 Å². The molecule has 0 aromatic heterocycles. The number of hydrogen-bond donors (Lipinski definition) is 1. The molecule has 1 saturated heterocycles. The van der Waals surface area contributed by atoms with Gasteiger partial charge in [-0.05, 0) is 49.2 Å². The summed E-state index contributed by atoms with van der Waals surface area (Å²) in [5.74, 6) is 0.300. The molecule has 0 saturated carbocycles. The number of halogens is 1. The van der Waals surface area contributed by atoms with E-state index in [-0.39, 0.29) is 12.0 Å². The summed E-state index contributed by atoms with van der Waals surface area (Å²) >= 11 is 6.09. The van der Waals surface area contributed by atoms with E-state index in [2.05, 4.69) is 4.90 Å². The van der Waals surface area contributed by atoms with Gasteiger partial charge >= 0.3 is 5.97 Å². The molecule has 0 bridgehead atoms. The van der Waals surface area contributed by atoms with E-state index in [9.17, 15) is 9.90 Å². The fraction of sp³-hybridized carbons (Fsp3) is 0.381. The molecule has 5 nitrogen and oxygen atoms in total. The maximum atomic E-state index is 11.6. The number of methoxy groups -OCH3 is 2. The Labute approximate surface area is 164 Å². The largest absolute Gasteiger partial charge is 0.496 e. The quantitative estimate of drug-likeness (QED) is 0.800. The summed E-state index contributed by atoms with van der Waals surface area (Å²) in [7, 11) is 3.26. The van der Waals surface area contributed by atoms with Crippen LogP contribution in [0.1, 0.15) is 30.0 Å². The van der Waals surface area contributed by atoms with Gasteiger partial charge in [0.2, 0.25) is 0 Å². The Bertz CT molecular complexity index is 771. The minimum absolute atomic E-state index is 0.185. The van der Waals surface area contributed by atoms with Crippen LogP contribution in [0, 0.1) is 5.92 Å². The monoisotopic (exact) mass is 389 g/mol. The normalized spacial score (nSPS) is 18.7. The number of hydrogen-bond acceptors (Lipinski definition) is 4. The van der Waals surface area contributed by atoms with Gasteiger partial charge in [0.1, 0.15) is 11.5 Å². The van der Waals surface area contributed by atoms with Crippen LogP contribution in [0.4, 0.5) is 0 Å². The molecule has 2 aromatic carbocycles. The number of carboxylic acids is 1. The molecule has 1 aliphatic rings. The van der Waals surface area contributed by atoms with Gasteiger partial charge in [-0.15, -0.1) is 0 Å². The fourth-order valence-electron chi connectivity index (χ4n) is 3.80. The zero-order valence-corrected chi connectivity index (χ0v) is 16.3. The van der Waals surface area contributed by atoms with Crippen molar-refractivity contribution >= 4 is 17.6 Å². The number of benzene rings is 2. The Morgan fingerprint density at radius 3 is 2.33 bits per heavy atom. The molecule has 2 aromatic rings. The lowest BCUT2D eigenvalue weighted by Crippen LogP contribution is -2.41. The van der Waals surface area contributed by atoms with E-state index in [1.54, 1.807) is 14.2 Å². The second-order valence-electron chi connectivity index (χ2n) is 6.70. The van der Waals surface area contributed by atoms with Crippen molar-refractivity contribution in [2.24, 2.45) is 5.92 Å². The Balaban J connectivity index is 2.11. The molecule has 6 heteroatoms. The molecular formula is C21H24ClNO4. The third kappa shape index (κ3) is 4.20. The minimum Gasteiger partial charge on any atom is -0.496 e. The third-order valence-electron chi connectivity index (χ3n) is 5.09. The van der Waals surface area contributed by atoms with Crippen LogP contribution >= 0.6 is 11.6 Å². The van der Waals surface area contributed by atoms with Crippen molar-refractivity contribution in [3.63, 3.8) is 0 Å². The van der Waals surface area contributed by atoms with Gasteiger partial charge in [0.15, 0.2) is 0 Å². The molecule has 144 valence electrons. The van der Waals surface area contributed by atoms with Gasteiger partial charge in [0.25, 0.3) is 0 Å². The van der Waals surface area contributed by atoms with Crippen molar-refractivity contribution in [1.82, 2.24) is 4.90 Å². The second-order valence-corrected chi connectivity index (χ2v) is 7.14. The number of likely N-dealkylation sites (tertiary alicyclic amines) is 1. The van der Waals surface area contributed by atoms with Crippen LogP contribution in [0.25, 0.3) is 0 Å². The average molecular weight is 390 g/mol. The minimum atomic E-state index is -0.749. The van der Waals surface area contributed by atoms with E-state index in [4.69, 9.17) is 21.1 Å². The van der Waals surface area contributed by atoms with E-state index in [0.717, 1.165) is 24.1 Å². The van der Waals surface area contributed by atoms with Crippen molar-refractivity contribution in [2.45, 2.75) is 18.9 Å². The number of carbonyl (C=O) groups is 1. The third-order valence-corrected chi connectivity index (χ3v) is 5.34. The zero-order chi connectivity index (χ0) is 19.4. The summed E-state index contributed by atoms with van der Waals surface area (Å²) in [6.45, 7) is 1.28. The Morgan fingerprint density at radius 2 is 1.78 bits per heavy atom. The molecule has 0 amide bonds. The molecule has 27 heavy (non-hydrogen) atoms. The van der Waals surface area contributed by atoms with Crippen molar-refractivity contribution < 1.29 is 19.4 Å². The molecule has 3 rings (SSSR count). The summed E-state index contributed by atoms with van der Waals surface area (Å²) in [5.41, 5.74) is 1.92. The lowest BCUT2D eigenvalue weighted by Gasteiger charge is -2.38. The number of ether oxygens (including phenoxy) is 2. The van der Waals surface area contributed by atoms with E-state index in [1.165, 1.54) is 0 Å². The van der Waals surface area contributed by atoms with E-state index in [1.807, 2.05) is 42.5 Å². The van der Waals surface area contributed by atoms with E-state index in [0.29, 0.717) is 29.5 Å². The first-order valence-corrected chi connectivity index (χ1v) is 9.36. The number of piperidine rings is 1. The first-order chi connectivity index (χ1) is 13.0. The maximum Gasteiger partial charge on any atom is 0.307 e. The number of rotatable bonds is 6. The molecule has 1 aliphatic heterocycles. The Hall–Kier alpha value is -2.24. The molecule has 0 spiro atoms. The lowest BCUT2D eigenvalue weighted by molar-refractivity contribution is -0.143. The van der Waals surface area contributed by atoms with Crippen LogP contribution in [0.2, 0.25) is 5.02 Å². The topological polar surface area (TPSA) is 59.0 Å². The van der Waals surface area contributed by atoms with Crippen LogP contribution in [0.15, 0.2) is 42.5 Å². The van der Waals surface area contributed by atoms with Crippen molar-refractivity contribution in [3.05, 3.63) is 58.6 Å². The number of aliphatic carboxylic acids is 1. The summed E-state index contributed by atoms with van der Waals surface area (Å²) < 4.78 is 11.3. The molecule has 1 heterocycles. The highest BCUT2D eigenvalue weighted by molar-refractivity contribution is 6.30. The summed E-state index contributed by atoms with van der Waals surface area (Å²) in [6.07, 6.45) is 1.53. The highest BCUT2D eigenvalue weighted by Gasteiger charge is 2.34. The second kappa shape index (κ2) is 8.63. The van der Waals surface area contributed by atoms with Gasteiger partial charge in [-0.3, -0.25) is 9.69 Å². The van der Waals surface area contributed by atoms with Crippen LogP contribution in [-0.2, 0) is 4.79 Å². The molecule has 2 unspecified atom stereocenters. The molecular weight excluding hydrogens is 366 g/mol. The van der Waals surface area contributed by atoms with Gasteiger partial charge in [0, 0.05) is 11.6 Å². The lowest BCUT2D eigenvalue weighted by atomic mass is 9.90. The first kappa shape index (κ1) is 19.5. The standard InChI is InChI=1S/C21H24ClNO4/c1-26-17-6-3-7-18(27-2)19(17)20(14-8-10-16(22)11-9-14)23-12-4-5-15(13-23)21(24)25/h3,6-11,15,20H,4-5,12-13H2,1-2H3,(H,24,25). The zero-order valence-electron chi connectivity index (χ0n) is 15.5. The predicted octanol–water partition coefficient (Wildman–Crippen LogP) is 4.24. The molecule has 2 atom stereocenters. The summed E-state index contributed by atoms with van der Waals surface area (Å²) in [6, 6.07) is 13.2. The Morgan fingerprint density at radius 1 is 1.15 bits per heavy atom. The molecule has 0 aliphatic carbocycles. The van der Waals surface area contributed by atoms with Gasteiger partial charge in [-0.2, -0.15) is 0 Å². The molecule has 1 N–H and O–H groups in total. The van der Waals surface area contributed by atoms with Crippen LogP contribution in [0.3, 0.4) is 0 Å². The highest BCUT2D eigenvalue weighted by Crippen LogP contribution is 2.42. The van der Waals surface area contributed by atoms with Crippen LogP contribution < -0.4 is 9.47 Å². The summed E-state index contributed by atoms with van der Waals surface area (Å²) in [4.78, 5) is 13.8. The smallest absolute Gasteiger partial charge is 0.307 e. The first-order valence-electron chi connectivity index (χ1n) is 8.98. The maximum absolute atomic E-state index is 11.6.